The highest BCUT2D eigenvalue weighted by atomic mass is 32.1. The molecule has 4 aromatic heterocycles. The average molecular weight is 1060 g/mol. The molecule has 5 heterocycles. The van der Waals surface area contributed by atoms with Crippen molar-refractivity contribution in [2.24, 2.45) is 11.1 Å². The summed E-state index contributed by atoms with van der Waals surface area (Å²) in [5.41, 5.74) is 23.9. The van der Waals surface area contributed by atoms with Crippen LogP contribution < -0.4 is 27.4 Å². The Bertz CT molecular complexity index is 3220. The normalized spacial score (nSPS) is 16.5. The van der Waals surface area contributed by atoms with E-state index in [1.165, 1.54) is 4.90 Å². The number of nitrogen functional groups attached to an aromatic ring is 1. The number of carbonyl (C=O) groups is 4. The fourth-order valence-corrected chi connectivity index (χ4v) is 11.2. The molecule has 77 heavy (non-hydrogen) atoms. The average Bonchev–Trinajstić information content (AvgIpc) is 4.22. The van der Waals surface area contributed by atoms with Crippen molar-refractivity contribution in [3.05, 3.63) is 131 Å². The van der Waals surface area contributed by atoms with Crippen molar-refractivity contribution in [1.29, 1.82) is 0 Å². The van der Waals surface area contributed by atoms with Gasteiger partial charge in [0.15, 0.2) is 11.5 Å². The fraction of sp³-hybridized carbons (Fsp3) is 0.400. The molecular formula is C60H71N11O5S. The van der Waals surface area contributed by atoms with Gasteiger partial charge in [0.25, 0.3) is 0 Å². The molecule has 0 radical (unpaired) electrons. The van der Waals surface area contributed by atoms with Crippen LogP contribution in [0.4, 0.5) is 5.82 Å². The number of aliphatic hydroxyl groups is 1. The molecule has 1 aliphatic heterocycles. The van der Waals surface area contributed by atoms with Crippen LogP contribution in [0.25, 0.3) is 49.9 Å². The molecule has 0 spiro atoms. The molecule has 9 rings (SSSR count). The predicted octanol–water partition coefficient (Wildman–Crippen LogP) is 8.70. The summed E-state index contributed by atoms with van der Waals surface area (Å²) in [5.74, 6) is 0.0667. The van der Waals surface area contributed by atoms with Gasteiger partial charge >= 0.3 is 0 Å². The van der Waals surface area contributed by atoms with E-state index in [4.69, 9.17) is 21.4 Å². The largest absolute Gasteiger partial charge is 0.391 e. The molecule has 3 atom stereocenters. The van der Waals surface area contributed by atoms with Gasteiger partial charge in [0.1, 0.15) is 23.4 Å². The number of pyridine rings is 2. The zero-order valence-corrected chi connectivity index (χ0v) is 45.4. The molecular weight excluding hydrogens is 987 g/mol. The highest BCUT2D eigenvalue weighted by Gasteiger charge is 2.44. The number of nitrogens with zero attached hydrogens (tertiary/aromatic N) is 6. The lowest BCUT2D eigenvalue weighted by Gasteiger charge is -2.38. The zero-order valence-electron chi connectivity index (χ0n) is 44.6. The van der Waals surface area contributed by atoms with Gasteiger partial charge in [0, 0.05) is 61.9 Å². The van der Waals surface area contributed by atoms with Crippen LogP contribution in [-0.4, -0.2) is 89.4 Å². The lowest BCUT2D eigenvalue weighted by Crippen LogP contribution is -2.57. The lowest BCUT2D eigenvalue weighted by molar-refractivity contribution is -0.144. The Kier molecular flexibility index (Phi) is 16.9. The summed E-state index contributed by atoms with van der Waals surface area (Å²) < 4.78 is 2.03. The molecule has 1 saturated carbocycles. The minimum absolute atomic E-state index is 0.00405. The standard InChI is InChI=1S/C60H71N11O5S/c1-38-52(77-37-66-38)41-20-18-40(19-21-41)35-65-57(75)49-34-45(72)36-70(49)58(76)53(59(2,3)4)69-51(74)17-9-7-5-6-8-16-50(73)63-32-28-39-13-10-14-42(33-39)47-26-27-48-56(67-47)71(55(68-48)46-15-11-31-64-54(46)61)44-24-22-43(23-25-44)60(62)29-12-30-60/h10-11,13-15,18-27,31,33,37,45,49,53,72H,5-9,12,16-17,28-30,32,34-36,62H2,1-4H3,(H2,61,64)(H,63,73)(H,65,75)(H,69,74)/t45-,49+,53-/m1/s1. The highest BCUT2D eigenvalue weighted by Crippen LogP contribution is 2.40. The van der Waals surface area contributed by atoms with Gasteiger partial charge < -0.3 is 37.4 Å². The SMILES string of the molecule is Cc1ncsc1-c1ccc(CNC(=O)[C@@H]2C[C@@H](O)CN2C(=O)[C@@H](NC(=O)CCCCCCCC(=O)NCCc2cccc(-c3ccc4nc(-c5cccnc5N)n(-c5ccc(C6(N)CCC6)cc5)c4n3)c2)C(C)(C)C)cc1. The number of nitrogens with one attached hydrogen (secondary N) is 3. The summed E-state index contributed by atoms with van der Waals surface area (Å²) in [7, 11) is 0. The number of fused-ring (bicyclic) bond motifs is 1. The maximum atomic E-state index is 14.1. The van der Waals surface area contributed by atoms with E-state index in [0.717, 1.165) is 100 Å². The first-order chi connectivity index (χ1) is 37.0. The van der Waals surface area contributed by atoms with E-state index in [9.17, 15) is 24.3 Å². The van der Waals surface area contributed by atoms with Crippen molar-refractivity contribution in [3.63, 3.8) is 0 Å². The van der Waals surface area contributed by atoms with Gasteiger partial charge in [-0.3, -0.25) is 23.7 Å². The maximum Gasteiger partial charge on any atom is 0.246 e. The summed E-state index contributed by atoms with van der Waals surface area (Å²) in [6, 6.07) is 30.5. The van der Waals surface area contributed by atoms with Crippen molar-refractivity contribution < 1.29 is 24.3 Å². The van der Waals surface area contributed by atoms with Crippen LogP contribution in [0, 0.1) is 12.3 Å². The van der Waals surface area contributed by atoms with Gasteiger partial charge in [-0.2, -0.15) is 0 Å². The van der Waals surface area contributed by atoms with E-state index in [0.29, 0.717) is 48.7 Å². The Labute approximate surface area is 454 Å². The molecule has 0 unspecified atom stereocenters. The molecule has 4 amide bonds. The molecule has 17 heteroatoms. The second-order valence-electron chi connectivity index (χ2n) is 21.8. The van der Waals surface area contributed by atoms with Crippen molar-refractivity contribution in [1.82, 2.24) is 45.4 Å². The molecule has 2 aliphatic rings. The topological polar surface area (TPSA) is 236 Å². The molecule has 3 aromatic carbocycles. The van der Waals surface area contributed by atoms with E-state index < -0.39 is 23.6 Å². The van der Waals surface area contributed by atoms with Gasteiger partial charge in [0.2, 0.25) is 23.6 Å². The summed E-state index contributed by atoms with van der Waals surface area (Å²) >= 11 is 1.58. The molecule has 8 N–H and O–H groups in total. The number of nitrogens with two attached hydrogens (primary N) is 2. The summed E-state index contributed by atoms with van der Waals surface area (Å²) in [4.78, 5) is 75.1. The third kappa shape index (κ3) is 12.9. The van der Waals surface area contributed by atoms with Crippen molar-refractivity contribution in [2.45, 2.75) is 135 Å². The number of aryl methyl sites for hydroxylation is 1. The van der Waals surface area contributed by atoms with Crippen LogP contribution >= 0.6 is 11.3 Å². The molecule has 1 saturated heterocycles. The Morgan fingerprint density at radius 1 is 0.831 bits per heavy atom. The highest BCUT2D eigenvalue weighted by molar-refractivity contribution is 7.13. The second kappa shape index (κ2) is 23.9. The number of β-amino-alcohol motifs (C(OH)–C–C–N with tert-alkyl or cyclic N) is 1. The molecule has 0 bridgehead atoms. The van der Waals surface area contributed by atoms with E-state index in [1.54, 1.807) is 17.5 Å². The summed E-state index contributed by atoms with van der Waals surface area (Å²) in [6.45, 7) is 8.40. The molecule has 402 valence electrons. The number of unbranched alkanes of at least 4 members (excludes halogenated alkanes) is 4. The van der Waals surface area contributed by atoms with Crippen LogP contribution in [0.2, 0.25) is 0 Å². The number of amides is 4. The van der Waals surface area contributed by atoms with Gasteiger partial charge in [-0.05, 0) is 116 Å². The van der Waals surface area contributed by atoms with Crippen LogP contribution in [0.1, 0.15) is 114 Å². The third-order valence-corrected chi connectivity index (χ3v) is 16.0. The Morgan fingerprint density at radius 3 is 2.26 bits per heavy atom. The minimum Gasteiger partial charge on any atom is -0.391 e. The van der Waals surface area contributed by atoms with E-state index in [1.807, 2.05) is 98.4 Å². The minimum atomic E-state index is -0.885. The molecule has 16 nitrogen and oxygen atoms in total. The Balaban J connectivity index is 0.706. The first kappa shape index (κ1) is 54.4. The number of thiazole rings is 1. The quantitative estimate of drug-likeness (QED) is 0.0372. The first-order valence-electron chi connectivity index (χ1n) is 27.0. The van der Waals surface area contributed by atoms with Crippen LogP contribution in [0.5, 0.6) is 0 Å². The number of imidazole rings is 1. The summed E-state index contributed by atoms with van der Waals surface area (Å²) in [5, 5.41) is 19.6. The smallest absolute Gasteiger partial charge is 0.246 e. The lowest BCUT2D eigenvalue weighted by atomic mass is 9.73. The Morgan fingerprint density at radius 2 is 1.57 bits per heavy atom. The Hall–Kier alpha value is -7.34. The molecule has 1 aliphatic carbocycles. The third-order valence-electron chi connectivity index (χ3n) is 15.0. The number of hydrogen-bond donors (Lipinski definition) is 6. The van der Waals surface area contributed by atoms with Crippen LogP contribution in [0.15, 0.2) is 109 Å². The predicted molar refractivity (Wildman–Crippen MR) is 302 cm³/mol. The number of hydrogen-bond acceptors (Lipinski definition) is 12. The van der Waals surface area contributed by atoms with Crippen molar-refractivity contribution >= 4 is 51.9 Å². The maximum absolute atomic E-state index is 14.1. The van der Waals surface area contributed by atoms with Crippen LogP contribution in [-0.2, 0) is 37.7 Å². The number of aliphatic hydroxyl groups excluding tert-OH is 1. The number of carbonyl (C=O) groups excluding carboxylic acids is 4. The zero-order chi connectivity index (χ0) is 54.3. The van der Waals surface area contributed by atoms with Gasteiger partial charge in [-0.15, -0.1) is 11.3 Å². The van der Waals surface area contributed by atoms with E-state index in [2.05, 4.69) is 62.3 Å². The second-order valence-corrected chi connectivity index (χ2v) is 22.7. The van der Waals surface area contributed by atoms with Crippen molar-refractivity contribution in [3.8, 4) is 38.8 Å². The van der Waals surface area contributed by atoms with Gasteiger partial charge in [-0.25, -0.2) is 19.9 Å². The van der Waals surface area contributed by atoms with E-state index in [-0.39, 0.29) is 55.1 Å². The van der Waals surface area contributed by atoms with Crippen LogP contribution in [0.3, 0.4) is 0 Å². The number of anilines is 1. The van der Waals surface area contributed by atoms with Gasteiger partial charge in [0.05, 0.1) is 33.4 Å². The number of aromatic nitrogens is 5. The molecule has 2 fully saturated rings. The number of benzene rings is 3. The fourth-order valence-electron chi connectivity index (χ4n) is 10.4. The van der Waals surface area contributed by atoms with Gasteiger partial charge in [-0.1, -0.05) is 94.6 Å². The summed E-state index contributed by atoms with van der Waals surface area (Å²) in [6.07, 6.45) is 9.24. The monoisotopic (exact) mass is 1060 g/mol. The number of likely N-dealkylation sites (tertiary alicyclic amines) is 1. The molecule has 7 aromatic rings. The van der Waals surface area contributed by atoms with E-state index >= 15 is 0 Å². The van der Waals surface area contributed by atoms with Crippen molar-refractivity contribution in [2.75, 3.05) is 18.8 Å². The first-order valence-corrected chi connectivity index (χ1v) is 27.8. The number of rotatable bonds is 21.